The zero-order valence-electron chi connectivity index (χ0n) is 15.1. The van der Waals surface area contributed by atoms with Gasteiger partial charge in [-0.05, 0) is 79.5 Å². The summed E-state index contributed by atoms with van der Waals surface area (Å²) in [5.74, 6) is 0. The molecule has 0 saturated heterocycles. The second-order valence-corrected chi connectivity index (χ2v) is 8.20. The highest BCUT2D eigenvalue weighted by Crippen LogP contribution is 2.53. The lowest BCUT2D eigenvalue weighted by atomic mass is 9.79. The van der Waals surface area contributed by atoms with Crippen LogP contribution >= 0.6 is 0 Å². The summed E-state index contributed by atoms with van der Waals surface area (Å²) in [6.07, 6.45) is 5.63. The summed E-state index contributed by atoms with van der Waals surface area (Å²) in [4.78, 5) is 0. The van der Waals surface area contributed by atoms with Crippen LogP contribution in [0.4, 0.5) is 0 Å². The molecule has 6 rings (SSSR count). The van der Waals surface area contributed by atoms with Gasteiger partial charge in [0.15, 0.2) is 0 Å². The Hall–Kier alpha value is -2.86. The third kappa shape index (κ3) is 1.65. The van der Waals surface area contributed by atoms with Gasteiger partial charge in [0.1, 0.15) is 0 Å². The fraction of sp³-hybridized carbons (Fsp3) is 0.154. The molecule has 0 saturated carbocycles. The second-order valence-electron chi connectivity index (χ2n) is 8.20. The van der Waals surface area contributed by atoms with Gasteiger partial charge in [-0.3, -0.25) is 0 Å². The third-order valence-corrected chi connectivity index (χ3v) is 6.42. The Balaban J connectivity index is 1.81. The Morgan fingerprint density at radius 2 is 1.50 bits per heavy atom. The molecule has 4 aromatic carbocycles. The molecule has 0 aliphatic heterocycles. The molecule has 0 N–H and O–H groups in total. The molecule has 0 aromatic heterocycles. The lowest BCUT2D eigenvalue weighted by Gasteiger charge is -2.24. The average Bonchev–Trinajstić information content (AvgIpc) is 2.88. The predicted molar refractivity (Wildman–Crippen MR) is 112 cm³/mol. The van der Waals surface area contributed by atoms with Crippen LogP contribution in [-0.4, -0.2) is 0 Å². The molecule has 0 radical (unpaired) electrons. The number of hydrogen-bond donors (Lipinski definition) is 0. The normalized spacial score (nSPS) is 16.1. The number of allylic oxidation sites excluding steroid dienone is 1. The highest BCUT2D eigenvalue weighted by Gasteiger charge is 2.38. The van der Waals surface area contributed by atoms with E-state index in [9.17, 15) is 0 Å². The minimum Gasteiger partial charge on any atom is -0.0795 e. The van der Waals surface area contributed by atoms with E-state index >= 15 is 0 Å². The molecule has 0 nitrogen and oxygen atoms in total. The van der Waals surface area contributed by atoms with E-state index in [1.54, 1.807) is 0 Å². The van der Waals surface area contributed by atoms with E-state index in [1.807, 2.05) is 0 Å². The smallest absolute Gasteiger partial charge is 0.0159 e. The lowest BCUT2D eigenvalue weighted by molar-refractivity contribution is 0.661. The van der Waals surface area contributed by atoms with Gasteiger partial charge in [0.2, 0.25) is 0 Å². The van der Waals surface area contributed by atoms with Crippen molar-refractivity contribution >= 4 is 27.6 Å². The molecule has 0 amide bonds. The monoisotopic (exact) mass is 332 g/mol. The molecule has 2 aliphatic rings. The van der Waals surface area contributed by atoms with Crippen LogP contribution in [0.2, 0.25) is 0 Å². The maximum absolute atomic E-state index is 2.45. The first-order chi connectivity index (χ1) is 12.6. The second kappa shape index (κ2) is 4.65. The Morgan fingerprint density at radius 3 is 2.35 bits per heavy atom. The summed E-state index contributed by atoms with van der Waals surface area (Å²) in [7, 11) is 0. The van der Waals surface area contributed by atoms with Gasteiger partial charge in [0, 0.05) is 5.41 Å². The standard InChI is InChI=1S/C26H20/c1-26(2)22-14-18-8-4-3-7-17(18)13-21(22)25-20-12-6-10-16-9-5-11-19(24(16)20)15-23(25)26/h3-11,13-15H,12H2,1-2H3. The van der Waals surface area contributed by atoms with E-state index in [-0.39, 0.29) is 5.41 Å². The number of rotatable bonds is 0. The number of fused-ring (bicyclic) bond motifs is 5. The van der Waals surface area contributed by atoms with Gasteiger partial charge in [-0.2, -0.15) is 0 Å². The molecule has 0 heterocycles. The summed E-state index contributed by atoms with van der Waals surface area (Å²) in [6, 6.07) is 22.7. The molecule has 0 heteroatoms. The van der Waals surface area contributed by atoms with Gasteiger partial charge in [-0.25, -0.2) is 0 Å². The van der Waals surface area contributed by atoms with Crippen LogP contribution in [0.5, 0.6) is 0 Å². The molecule has 0 fully saturated rings. The summed E-state index contributed by atoms with van der Waals surface area (Å²) >= 11 is 0. The summed E-state index contributed by atoms with van der Waals surface area (Å²) < 4.78 is 0. The molecular formula is C26H20. The third-order valence-electron chi connectivity index (χ3n) is 6.42. The van der Waals surface area contributed by atoms with E-state index in [1.165, 1.54) is 54.9 Å². The molecule has 0 bridgehead atoms. The van der Waals surface area contributed by atoms with Gasteiger partial charge >= 0.3 is 0 Å². The molecule has 0 unspecified atom stereocenters. The quantitative estimate of drug-likeness (QED) is 0.329. The lowest BCUT2D eigenvalue weighted by Crippen LogP contribution is -2.15. The van der Waals surface area contributed by atoms with Crippen molar-refractivity contribution in [3.63, 3.8) is 0 Å². The maximum atomic E-state index is 2.45. The zero-order valence-corrected chi connectivity index (χ0v) is 15.1. The van der Waals surface area contributed by atoms with Crippen molar-refractivity contribution in [1.29, 1.82) is 0 Å². The van der Waals surface area contributed by atoms with Gasteiger partial charge in [-0.1, -0.05) is 68.5 Å². The predicted octanol–water partition coefficient (Wildman–Crippen LogP) is 6.87. The van der Waals surface area contributed by atoms with Crippen LogP contribution in [0.15, 0.2) is 66.7 Å². The summed E-state index contributed by atoms with van der Waals surface area (Å²) in [5, 5.41) is 5.50. The Morgan fingerprint density at radius 1 is 0.769 bits per heavy atom. The van der Waals surface area contributed by atoms with Crippen molar-refractivity contribution in [2.24, 2.45) is 0 Å². The van der Waals surface area contributed by atoms with Gasteiger partial charge in [-0.15, -0.1) is 0 Å². The van der Waals surface area contributed by atoms with Gasteiger partial charge in [0.05, 0.1) is 0 Å². The van der Waals surface area contributed by atoms with Crippen LogP contribution in [0, 0.1) is 0 Å². The van der Waals surface area contributed by atoms with Crippen molar-refractivity contribution in [3.8, 4) is 11.1 Å². The van der Waals surface area contributed by atoms with E-state index in [0.29, 0.717) is 0 Å². The Labute approximate surface area is 153 Å². The maximum Gasteiger partial charge on any atom is 0.0159 e. The molecule has 26 heavy (non-hydrogen) atoms. The molecule has 4 aromatic rings. The number of hydrogen-bond acceptors (Lipinski definition) is 0. The first-order valence-electron chi connectivity index (χ1n) is 9.44. The fourth-order valence-corrected chi connectivity index (χ4v) is 5.13. The van der Waals surface area contributed by atoms with Crippen molar-refractivity contribution in [3.05, 3.63) is 89.0 Å². The minimum absolute atomic E-state index is 0.0382. The zero-order chi connectivity index (χ0) is 17.5. The van der Waals surface area contributed by atoms with Crippen LogP contribution in [0.1, 0.15) is 36.1 Å². The van der Waals surface area contributed by atoms with Crippen LogP contribution in [0.3, 0.4) is 0 Å². The van der Waals surface area contributed by atoms with E-state index < -0.39 is 0 Å². The molecule has 0 atom stereocenters. The van der Waals surface area contributed by atoms with Crippen molar-refractivity contribution in [1.82, 2.24) is 0 Å². The molecule has 0 spiro atoms. The molecule has 124 valence electrons. The van der Waals surface area contributed by atoms with Gasteiger partial charge in [0.25, 0.3) is 0 Å². The van der Waals surface area contributed by atoms with E-state index in [2.05, 4.69) is 86.7 Å². The van der Waals surface area contributed by atoms with Crippen molar-refractivity contribution < 1.29 is 0 Å². The fourth-order valence-electron chi connectivity index (χ4n) is 5.13. The van der Waals surface area contributed by atoms with E-state index in [0.717, 1.165) is 6.42 Å². The number of benzene rings is 4. The highest BCUT2D eigenvalue weighted by molar-refractivity contribution is 6.04. The first-order valence-corrected chi connectivity index (χ1v) is 9.44. The van der Waals surface area contributed by atoms with Crippen LogP contribution in [-0.2, 0) is 11.8 Å². The topological polar surface area (TPSA) is 0 Å². The Bertz CT molecular complexity index is 1270. The summed E-state index contributed by atoms with van der Waals surface area (Å²) in [6.45, 7) is 4.76. The SMILES string of the molecule is CC1(C)c2cc3ccccc3cc2-c2c1cc1cccc3c1c2CC=C3. The van der Waals surface area contributed by atoms with Crippen molar-refractivity contribution in [2.75, 3.05) is 0 Å². The average molecular weight is 332 g/mol. The molecule has 2 aliphatic carbocycles. The van der Waals surface area contributed by atoms with Crippen LogP contribution in [0.25, 0.3) is 38.7 Å². The van der Waals surface area contributed by atoms with Gasteiger partial charge < -0.3 is 0 Å². The summed E-state index contributed by atoms with van der Waals surface area (Å²) in [5.41, 5.74) is 8.78. The van der Waals surface area contributed by atoms with Crippen LogP contribution < -0.4 is 0 Å². The molecular weight excluding hydrogens is 312 g/mol. The highest BCUT2D eigenvalue weighted by atomic mass is 14.4. The first kappa shape index (κ1) is 14.3. The Kier molecular flexibility index (Phi) is 2.56. The van der Waals surface area contributed by atoms with Crippen molar-refractivity contribution in [2.45, 2.75) is 25.7 Å². The minimum atomic E-state index is 0.0382. The van der Waals surface area contributed by atoms with E-state index in [4.69, 9.17) is 0 Å². The largest absolute Gasteiger partial charge is 0.0795 e.